The maximum atomic E-state index is 12.8. The molecule has 2 aromatic rings. The normalized spacial score (nSPS) is 20.2. The Bertz CT molecular complexity index is 706. The van der Waals surface area contributed by atoms with Crippen molar-refractivity contribution in [1.29, 1.82) is 0 Å². The van der Waals surface area contributed by atoms with Crippen LogP contribution in [0.4, 0.5) is 0 Å². The second kappa shape index (κ2) is 6.69. The molecule has 0 spiro atoms. The number of amides is 1. The lowest BCUT2D eigenvalue weighted by atomic mass is 9.96. The molecule has 2 aromatic heterocycles. The fourth-order valence-corrected chi connectivity index (χ4v) is 4.10. The van der Waals surface area contributed by atoms with E-state index in [2.05, 4.69) is 16.7 Å². The SMILES string of the molecule is CCn1ncc2c1[C@H](COCC1CC1)CN(C(=O)c1cccs1)C2. The molecule has 0 N–H and O–H groups in total. The minimum Gasteiger partial charge on any atom is -0.380 e. The van der Waals surface area contributed by atoms with Gasteiger partial charge in [-0.25, -0.2) is 0 Å². The number of carbonyl (C=O) groups is 1. The first kappa shape index (κ1) is 15.8. The van der Waals surface area contributed by atoms with Gasteiger partial charge in [-0.1, -0.05) is 6.07 Å². The van der Waals surface area contributed by atoms with Crippen LogP contribution in [-0.2, 0) is 17.8 Å². The van der Waals surface area contributed by atoms with Gasteiger partial charge < -0.3 is 9.64 Å². The largest absolute Gasteiger partial charge is 0.380 e. The molecule has 1 aliphatic heterocycles. The summed E-state index contributed by atoms with van der Waals surface area (Å²) in [4.78, 5) is 15.5. The average molecular weight is 345 g/mol. The van der Waals surface area contributed by atoms with Crippen LogP contribution >= 0.6 is 11.3 Å². The van der Waals surface area contributed by atoms with Gasteiger partial charge in [-0.2, -0.15) is 5.10 Å². The Labute approximate surface area is 146 Å². The Kier molecular flexibility index (Phi) is 4.41. The minimum atomic E-state index is 0.118. The Morgan fingerprint density at radius 3 is 3.00 bits per heavy atom. The molecular weight excluding hydrogens is 322 g/mol. The van der Waals surface area contributed by atoms with Crippen molar-refractivity contribution in [1.82, 2.24) is 14.7 Å². The third kappa shape index (κ3) is 3.13. The first-order valence-electron chi connectivity index (χ1n) is 8.71. The first-order chi connectivity index (χ1) is 11.8. The molecule has 24 heavy (non-hydrogen) atoms. The van der Waals surface area contributed by atoms with Gasteiger partial charge in [-0.05, 0) is 37.1 Å². The van der Waals surface area contributed by atoms with Crippen LogP contribution in [0.1, 0.15) is 46.6 Å². The average Bonchev–Trinajstić information content (AvgIpc) is 3.11. The molecule has 1 aliphatic carbocycles. The number of aromatic nitrogens is 2. The van der Waals surface area contributed by atoms with E-state index in [1.807, 2.05) is 28.6 Å². The summed E-state index contributed by atoms with van der Waals surface area (Å²) >= 11 is 1.50. The van der Waals surface area contributed by atoms with Crippen LogP contribution < -0.4 is 0 Å². The van der Waals surface area contributed by atoms with E-state index in [0.717, 1.165) is 29.5 Å². The van der Waals surface area contributed by atoms with E-state index in [0.29, 0.717) is 19.7 Å². The van der Waals surface area contributed by atoms with Gasteiger partial charge in [0.2, 0.25) is 0 Å². The van der Waals surface area contributed by atoms with Crippen LogP contribution in [0.15, 0.2) is 23.7 Å². The van der Waals surface area contributed by atoms with E-state index in [1.54, 1.807) is 0 Å². The number of nitrogens with zero attached hydrogens (tertiary/aromatic N) is 3. The monoisotopic (exact) mass is 345 g/mol. The van der Waals surface area contributed by atoms with Gasteiger partial charge in [-0.15, -0.1) is 11.3 Å². The van der Waals surface area contributed by atoms with Crippen molar-refractivity contribution in [3.05, 3.63) is 39.8 Å². The number of carbonyl (C=O) groups excluding carboxylic acids is 1. The van der Waals surface area contributed by atoms with E-state index >= 15 is 0 Å². The van der Waals surface area contributed by atoms with Crippen molar-refractivity contribution in [3.8, 4) is 0 Å². The van der Waals surface area contributed by atoms with Crippen molar-refractivity contribution in [3.63, 3.8) is 0 Å². The topological polar surface area (TPSA) is 47.4 Å². The molecule has 4 rings (SSSR count). The quantitative estimate of drug-likeness (QED) is 0.808. The van der Waals surface area contributed by atoms with Gasteiger partial charge in [0.15, 0.2) is 0 Å². The van der Waals surface area contributed by atoms with E-state index in [1.165, 1.54) is 29.9 Å². The van der Waals surface area contributed by atoms with Gasteiger partial charge >= 0.3 is 0 Å². The fourth-order valence-electron chi connectivity index (χ4n) is 3.41. The summed E-state index contributed by atoms with van der Waals surface area (Å²) in [5.74, 6) is 1.08. The number of aryl methyl sites for hydroxylation is 1. The zero-order valence-corrected chi connectivity index (χ0v) is 14.8. The number of rotatable bonds is 6. The first-order valence-corrected chi connectivity index (χ1v) is 9.59. The van der Waals surface area contributed by atoms with Crippen molar-refractivity contribution in [2.45, 2.75) is 38.8 Å². The maximum absolute atomic E-state index is 12.8. The Morgan fingerprint density at radius 2 is 2.29 bits per heavy atom. The molecule has 0 saturated heterocycles. The molecule has 5 nitrogen and oxygen atoms in total. The number of ether oxygens (including phenoxy) is 1. The predicted octanol–water partition coefficient (Wildman–Crippen LogP) is 3.13. The summed E-state index contributed by atoms with van der Waals surface area (Å²) in [5, 5.41) is 6.46. The third-order valence-corrected chi connectivity index (χ3v) is 5.69. The number of fused-ring (bicyclic) bond motifs is 1. The molecule has 3 heterocycles. The third-order valence-electron chi connectivity index (χ3n) is 4.84. The van der Waals surface area contributed by atoms with Gasteiger partial charge in [0.05, 0.1) is 23.4 Å². The summed E-state index contributed by atoms with van der Waals surface area (Å²) in [6, 6.07) is 3.83. The Balaban J connectivity index is 1.53. The van der Waals surface area contributed by atoms with Gasteiger partial charge in [-0.3, -0.25) is 9.48 Å². The van der Waals surface area contributed by atoms with E-state index in [4.69, 9.17) is 4.74 Å². The zero-order chi connectivity index (χ0) is 16.5. The van der Waals surface area contributed by atoms with E-state index < -0.39 is 0 Å². The van der Waals surface area contributed by atoms with Crippen LogP contribution in [0, 0.1) is 5.92 Å². The highest BCUT2D eigenvalue weighted by Gasteiger charge is 2.33. The standard InChI is InChI=1S/C18H23N3O2S/c1-2-21-17-14(8-19-21)9-20(18(22)16-4-3-7-24-16)10-15(17)12-23-11-13-5-6-13/h3-4,7-8,13,15H,2,5-6,9-12H2,1H3/t15-/m0/s1. The Hall–Kier alpha value is -1.66. The highest BCUT2D eigenvalue weighted by Crippen LogP contribution is 2.32. The molecule has 0 bridgehead atoms. The highest BCUT2D eigenvalue weighted by molar-refractivity contribution is 7.12. The van der Waals surface area contributed by atoms with Crippen LogP contribution in [0.5, 0.6) is 0 Å². The van der Waals surface area contributed by atoms with Crippen LogP contribution in [0.25, 0.3) is 0 Å². The maximum Gasteiger partial charge on any atom is 0.264 e. The van der Waals surface area contributed by atoms with Gasteiger partial charge in [0, 0.05) is 37.7 Å². The molecule has 1 amide bonds. The molecule has 2 aliphatic rings. The second-order valence-electron chi connectivity index (χ2n) is 6.71. The Morgan fingerprint density at radius 1 is 1.42 bits per heavy atom. The molecule has 1 atom stereocenters. The van der Waals surface area contributed by atoms with Crippen molar-refractivity contribution < 1.29 is 9.53 Å². The summed E-state index contributed by atoms with van der Waals surface area (Å²) in [5.41, 5.74) is 2.41. The molecule has 0 radical (unpaired) electrons. The van der Waals surface area contributed by atoms with E-state index in [9.17, 15) is 4.79 Å². The molecular formula is C18H23N3O2S. The molecule has 0 aromatic carbocycles. The van der Waals surface area contributed by atoms with Crippen LogP contribution in [0.3, 0.4) is 0 Å². The van der Waals surface area contributed by atoms with Crippen molar-refractivity contribution in [2.24, 2.45) is 5.92 Å². The van der Waals surface area contributed by atoms with Gasteiger partial charge in [0.1, 0.15) is 0 Å². The summed E-state index contributed by atoms with van der Waals surface area (Å²) in [7, 11) is 0. The molecule has 128 valence electrons. The van der Waals surface area contributed by atoms with Crippen molar-refractivity contribution >= 4 is 17.2 Å². The second-order valence-corrected chi connectivity index (χ2v) is 7.66. The van der Waals surface area contributed by atoms with Gasteiger partial charge in [0.25, 0.3) is 5.91 Å². The number of hydrogen-bond acceptors (Lipinski definition) is 4. The smallest absolute Gasteiger partial charge is 0.264 e. The number of hydrogen-bond donors (Lipinski definition) is 0. The number of thiophene rings is 1. The van der Waals surface area contributed by atoms with E-state index in [-0.39, 0.29) is 11.8 Å². The summed E-state index contributed by atoms with van der Waals surface area (Å²) in [6.45, 7) is 5.84. The highest BCUT2D eigenvalue weighted by atomic mass is 32.1. The minimum absolute atomic E-state index is 0.118. The molecule has 0 unspecified atom stereocenters. The lowest BCUT2D eigenvalue weighted by Crippen LogP contribution is -2.40. The lowest BCUT2D eigenvalue weighted by Gasteiger charge is -2.33. The van der Waals surface area contributed by atoms with Crippen LogP contribution in [0.2, 0.25) is 0 Å². The lowest BCUT2D eigenvalue weighted by molar-refractivity contribution is 0.0624. The molecule has 1 fully saturated rings. The summed E-state index contributed by atoms with van der Waals surface area (Å²) < 4.78 is 8.03. The van der Waals surface area contributed by atoms with Crippen molar-refractivity contribution in [2.75, 3.05) is 19.8 Å². The van der Waals surface area contributed by atoms with Crippen LogP contribution in [-0.4, -0.2) is 40.3 Å². The fraction of sp³-hybridized carbons (Fsp3) is 0.556. The molecule has 6 heteroatoms. The zero-order valence-electron chi connectivity index (χ0n) is 14.0. The predicted molar refractivity (Wildman–Crippen MR) is 93.2 cm³/mol. The molecule has 1 saturated carbocycles. The summed E-state index contributed by atoms with van der Waals surface area (Å²) in [6.07, 6.45) is 4.51.